The fraction of sp³-hybridized carbons (Fsp3) is 0.263. The van der Waals surface area contributed by atoms with Gasteiger partial charge in [0.1, 0.15) is 11.1 Å². The molecule has 0 saturated heterocycles. The first-order valence-corrected chi connectivity index (χ1v) is 8.99. The Morgan fingerprint density at radius 1 is 0.656 bits per heavy atom. The van der Waals surface area contributed by atoms with Crippen molar-refractivity contribution in [1.82, 2.24) is 4.98 Å². The van der Waals surface area contributed by atoms with Crippen LogP contribution in [-0.4, -0.2) is 70.4 Å². The van der Waals surface area contributed by atoms with Crippen molar-refractivity contribution >= 4 is 59.1 Å². The van der Waals surface area contributed by atoms with Crippen molar-refractivity contribution in [1.29, 1.82) is 0 Å². The first-order valence-electron chi connectivity index (χ1n) is 8.54. The van der Waals surface area contributed by atoms with Crippen LogP contribution in [0.2, 0.25) is 0 Å². The van der Waals surface area contributed by atoms with E-state index in [1.54, 1.807) is 0 Å². The van der Waals surface area contributed by atoms with E-state index in [0.29, 0.717) is 0 Å². The van der Waals surface area contributed by atoms with Crippen molar-refractivity contribution in [3.8, 4) is 0 Å². The standard InChI is InChI=1S/C19H18N2O10S/c1-27-15(22)6-7(16(23)28-2)12-9(14(32)8(6)17(24)29-3)11(20)10(18(25)30-4)13(21-12)19(26)31-5/h32H,1-5H3,(H2,20,21). The Kier molecular flexibility index (Phi) is 7.25. The second-order valence-electron chi connectivity index (χ2n) is 5.90. The molecule has 0 saturated carbocycles. The van der Waals surface area contributed by atoms with Gasteiger partial charge in [-0.25, -0.2) is 29.0 Å². The van der Waals surface area contributed by atoms with Gasteiger partial charge in [0.25, 0.3) is 0 Å². The van der Waals surface area contributed by atoms with E-state index in [1.807, 2.05) is 0 Å². The molecule has 0 bridgehead atoms. The summed E-state index contributed by atoms with van der Waals surface area (Å²) in [5.41, 5.74) is 2.60. The fourth-order valence-electron chi connectivity index (χ4n) is 2.97. The summed E-state index contributed by atoms with van der Waals surface area (Å²) in [6, 6.07) is 0. The third-order valence-corrected chi connectivity index (χ3v) is 4.83. The Bertz CT molecular complexity index is 1170. The van der Waals surface area contributed by atoms with Crippen molar-refractivity contribution < 1.29 is 47.7 Å². The molecule has 0 aliphatic rings. The molecule has 2 N–H and O–H groups in total. The van der Waals surface area contributed by atoms with E-state index in [4.69, 9.17) is 19.9 Å². The van der Waals surface area contributed by atoms with Crippen molar-refractivity contribution in [2.75, 3.05) is 41.3 Å². The molecule has 12 nitrogen and oxygen atoms in total. The lowest BCUT2D eigenvalue weighted by Gasteiger charge is -2.19. The van der Waals surface area contributed by atoms with Crippen molar-refractivity contribution in [2.45, 2.75) is 4.90 Å². The lowest BCUT2D eigenvalue weighted by atomic mass is 9.93. The number of fused-ring (bicyclic) bond motifs is 1. The van der Waals surface area contributed by atoms with E-state index in [-0.39, 0.29) is 15.8 Å². The predicted octanol–water partition coefficient (Wildman–Crippen LogP) is 1.04. The van der Waals surface area contributed by atoms with Gasteiger partial charge in [0.05, 0.1) is 57.9 Å². The Balaban J connectivity index is 3.35. The number of nitrogens with zero attached hydrogens (tertiary/aromatic N) is 1. The van der Waals surface area contributed by atoms with Crippen LogP contribution in [0, 0.1) is 0 Å². The highest BCUT2D eigenvalue weighted by molar-refractivity contribution is 7.80. The molecule has 170 valence electrons. The molecule has 13 heteroatoms. The van der Waals surface area contributed by atoms with E-state index in [2.05, 4.69) is 27.1 Å². The molecule has 0 fully saturated rings. The van der Waals surface area contributed by atoms with Gasteiger partial charge in [0.2, 0.25) is 0 Å². The molecular formula is C19H18N2O10S. The van der Waals surface area contributed by atoms with Crippen molar-refractivity contribution in [3.63, 3.8) is 0 Å². The van der Waals surface area contributed by atoms with Crippen LogP contribution in [0.3, 0.4) is 0 Å². The highest BCUT2D eigenvalue weighted by atomic mass is 32.1. The summed E-state index contributed by atoms with van der Waals surface area (Å²) in [5, 5.41) is -0.213. The topological polar surface area (TPSA) is 170 Å². The minimum absolute atomic E-state index is 0.213. The Hall–Kier alpha value is -3.87. The van der Waals surface area contributed by atoms with Gasteiger partial charge in [-0.15, -0.1) is 12.6 Å². The van der Waals surface area contributed by atoms with Gasteiger partial charge in [-0.1, -0.05) is 0 Å². The summed E-state index contributed by atoms with van der Waals surface area (Å²) < 4.78 is 23.5. The summed E-state index contributed by atoms with van der Waals surface area (Å²) in [6.45, 7) is 0. The number of carbonyl (C=O) groups excluding carboxylic acids is 5. The zero-order valence-corrected chi connectivity index (χ0v) is 18.4. The van der Waals surface area contributed by atoms with Crippen LogP contribution in [0.5, 0.6) is 0 Å². The third kappa shape index (κ3) is 3.77. The van der Waals surface area contributed by atoms with Crippen LogP contribution in [0.1, 0.15) is 51.9 Å². The number of ether oxygens (including phenoxy) is 5. The van der Waals surface area contributed by atoms with Gasteiger partial charge in [-0.05, 0) is 0 Å². The van der Waals surface area contributed by atoms with E-state index in [1.165, 1.54) is 0 Å². The number of thiol groups is 1. The van der Waals surface area contributed by atoms with Gasteiger partial charge < -0.3 is 29.4 Å². The number of rotatable bonds is 5. The fourth-order valence-corrected chi connectivity index (χ4v) is 3.40. The number of hydrogen-bond donors (Lipinski definition) is 2. The number of benzene rings is 1. The maximum absolute atomic E-state index is 12.7. The van der Waals surface area contributed by atoms with Gasteiger partial charge in [0, 0.05) is 10.3 Å². The molecule has 0 aliphatic heterocycles. The largest absolute Gasteiger partial charge is 0.465 e. The van der Waals surface area contributed by atoms with Crippen LogP contribution in [-0.2, 0) is 23.7 Å². The molecule has 0 atom stereocenters. The van der Waals surface area contributed by atoms with E-state index in [0.717, 1.165) is 35.5 Å². The lowest BCUT2D eigenvalue weighted by molar-refractivity contribution is 0.0534. The van der Waals surface area contributed by atoms with Crippen LogP contribution in [0.15, 0.2) is 4.90 Å². The molecule has 0 spiro atoms. The van der Waals surface area contributed by atoms with Gasteiger partial charge >= 0.3 is 29.8 Å². The van der Waals surface area contributed by atoms with Gasteiger partial charge in [-0.3, -0.25) is 0 Å². The lowest BCUT2D eigenvalue weighted by Crippen LogP contribution is -2.23. The molecule has 0 aliphatic carbocycles. The number of carbonyl (C=O) groups is 5. The minimum Gasteiger partial charge on any atom is -0.465 e. The molecule has 0 amide bonds. The average molecular weight is 466 g/mol. The summed E-state index contributed by atoms with van der Waals surface area (Å²) in [7, 11) is 5.11. The van der Waals surface area contributed by atoms with Crippen LogP contribution in [0.25, 0.3) is 10.9 Å². The molecule has 1 heterocycles. The van der Waals surface area contributed by atoms with Gasteiger partial charge in [-0.2, -0.15) is 0 Å². The van der Waals surface area contributed by atoms with E-state index in [9.17, 15) is 24.0 Å². The molecule has 2 rings (SSSR count). The number of nitrogen functional groups attached to an aromatic ring is 1. The quantitative estimate of drug-likeness (QED) is 0.365. The SMILES string of the molecule is COC(=O)c1nc2c(C(=O)OC)c(C(=O)OC)c(C(=O)OC)c(S)c2c(N)c1C(=O)OC. The number of esters is 5. The van der Waals surface area contributed by atoms with Crippen LogP contribution >= 0.6 is 12.6 Å². The molecule has 32 heavy (non-hydrogen) atoms. The number of nitrogens with two attached hydrogens (primary N) is 1. The normalized spacial score (nSPS) is 10.3. The summed E-state index contributed by atoms with van der Waals surface area (Å²) in [5.74, 6) is -5.46. The summed E-state index contributed by atoms with van der Waals surface area (Å²) in [4.78, 5) is 66.3. The highest BCUT2D eigenvalue weighted by Crippen LogP contribution is 2.39. The Morgan fingerprint density at radius 2 is 1.06 bits per heavy atom. The molecule has 0 unspecified atom stereocenters. The van der Waals surface area contributed by atoms with Crippen LogP contribution in [0.4, 0.5) is 5.69 Å². The van der Waals surface area contributed by atoms with Gasteiger partial charge in [0.15, 0.2) is 5.69 Å². The Labute approximate surface area is 186 Å². The molecular weight excluding hydrogens is 448 g/mol. The molecule has 1 aromatic heterocycles. The first-order chi connectivity index (χ1) is 15.1. The minimum atomic E-state index is -1.12. The highest BCUT2D eigenvalue weighted by Gasteiger charge is 2.36. The Morgan fingerprint density at radius 3 is 1.53 bits per heavy atom. The predicted molar refractivity (Wildman–Crippen MR) is 110 cm³/mol. The number of methoxy groups -OCH3 is 5. The third-order valence-electron chi connectivity index (χ3n) is 4.38. The first kappa shape index (κ1) is 24.4. The maximum atomic E-state index is 12.7. The summed E-state index contributed by atoms with van der Waals surface area (Å²) in [6.07, 6.45) is 0. The zero-order chi connectivity index (χ0) is 24.3. The zero-order valence-electron chi connectivity index (χ0n) is 17.6. The molecule has 1 aromatic carbocycles. The number of hydrogen-bond acceptors (Lipinski definition) is 13. The number of aromatic nitrogens is 1. The van der Waals surface area contributed by atoms with E-state index >= 15 is 0 Å². The number of pyridine rings is 1. The van der Waals surface area contributed by atoms with Crippen molar-refractivity contribution in [3.05, 3.63) is 27.9 Å². The van der Waals surface area contributed by atoms with Crippen LogP contribution < -0.4 is 5.73 Å². The molecule has 2 aromatic rings. The number of anilines is 1. The van der Waals surface area contributed by atoms with E-state index < -0.39 is 63.5 Å². The second kappa shape index (κ2) is 9.51. The average Bonchev–Trinajstić information content (AvgIpc) is 2.80. The monoisotopic (exact) mass is 466 g/mol. The molecule has 0 radical (unpaired) electrons. The summed E-state index contributed by atoms with van der Waals surface area (Å²) >= 11 is 4.28. The smallest absolute Gasteiger partial charge is 0.357 e. The van der Waals surface area contributed by atoms with Crippen molar-refractivity contribution in [2.24, 2.45) is 0 Å². The maximum Gasteiger partial charge on any atom is 0.357 e. The second-order valence-corrected chi connectivity index (χ2v) is 6.35.